The van der Waals surface area contributed by atoms with Gasteiger partial charge in [-0.1, -0.05) is 13.8 Å². The Morgan fingerprint density at radius 3 is 2.41 bits per heavy atom. The number of rotatable bonds is 5. The average molecular weight is 247 g/mol. The van der Waals surface area contributed by atoms with Crippen LogP contribution in [0.2, 0.25) is 0 Å². The average Bonchev–Trinajstić information content (AvgIpc) is 2.62. The number of amides is 1. The molecular weight excluding hydrogens is 226 g/mol. The molecule has 1 fully saturated rings. The van der Waals surface area contributed by atoms with Gasteiger partial charge in [-0.15, -0.1) is 0 Å². The Labute approximate surface area is 101 Å². The van der Waals surface area contributed by atoms with Crippen molar-refractivity contribution in [1.29, 1.82) is 0 Å². The molecule has 0 aromatic carbocycles. The fourth-order valence-electron chi connectivity index (χ4n) is 1.71. The molecule has 5 atom stereocenters. The Morgan fingerprint density at radius 2 is 1.94 bits per heavy atom. The van der Waals surface area contributed by atoms with Crippen LogP contribution >= 0.6 is 0 Å². The number of nitrogens with one attached hydrogen (secondary N) is 1. The maximum atomic E-state index is 11.5. The first-order chi connectivity index (χ1) is 8.01. The summed E-state index contributed by atoms with van der Waals surface area (Å²) in [6.45, 7) is 3.51. The van der Waals surface area contributed by atoms with Gasteiger partial charge in [0.15, 0.2) is 0 Å². The molecule has 1 aliphatic rings. The van der Waals surface area contributed by atoms with E-state index in [4.69, 9.17) is 9.84 Å². The normalized spacial score (nSPS) is 34.6. The van der Waals surface area contributed by atoms with Gasteiger partial charge in [0.25, 0.3) is 0 Å². The number of ether oxygens (including phenoxy) is 1. The molecule has 1 rings (SSSR count). The summed E-state index contributed by atoms with van der Waals surface area (Å²) in [5.41, 5.74) is 0. The lowest BCUT2D eigenvalue weighted by Gasteiger charge is -2.17. The molecule has 0 aromatic heterocycles. The first-order valence-corrected chi connectivity index (χ1v) is 5.91. The third-order valence-electron chi connectivity index (χ3n) is 3.18. The van der Waals surface area contributed by atoms with Gasteiger partial charge in [-0.05, 0) is 6.42 Å². The van der Waals surface area contributed by atoms with Gasteiger partial charge in [-0.3, -0.25) is 4.79 Å². The van der Waals surface area contributed by atoms with Gasteiger partial charge in [-0.25, -0.2) is 0 Å². The van der Waals surface area contributed by atoms with Gasteiger partial charge in [0, 0.05) is 12.5 Å². The van der Waals surface area contributed by atoms with Crippen molar-refractivity contribution in [3.8, 4) is 0 Å². The Morgan fingerprint density at radius 1 is 1.35 bits per heavy atom. The number of carbonyl (C=O) groups is 1. The highest BCUT2D eigenvalue weighted by Crippen LogP contribution is 2.20. The molecule has 17 heavy (non-hydrogen) atoms. The van der Waals surface area contributed by atoms with Crippen molar-refractivity contribution in [3.63, 3.8) is 0 Å². The monoisotopic (exact) mass is 247 g/mol. The van der Waals surface area contributed by atoms with Crippen molar-refractivity contribution in [2.24, 2.45) is 5.92 Å². The largest absolute Gasteiger partial charge is 0.394 e. The van der Waals surface area contributed by atoms with Crippen LogP contribution < -0.4 is 5.32 Å². The highest BCUT2D eigenvalue weighted by Gasteiger charge is 2.42. The molecule has 100 valence electrons. The van der Waals surface area contributed by atoms with E-state index >= 15 is 0 Å². The predicted octanol–water partition coefficient (Wildman–Crippen LogP) is -1.37. The maximum Gasteiger partial charge on any atom is 0.222 e. The number of hydrogen-bond acceptors (Lipinski definition) is 5. The highest BCUT2D eigenvalue weighted by molar-refractivity contribution is 5.78. The lowest BCUT2D eigenvalue weighted by molar-refractivity contribution is -0.125. The van der Waals surface area contributed by atoms with Crippen LogP contribution in [0.5, 0.6) is 0 Å². The van der Waals surface area contributed by atoms with E-state index in [9.17, 15) is 15.0 Å². The van der Waals surface area contributed by atoms with Gasteiger partial charge >= 0.3 is 0 Å². The molecule has 1 aliphatic heterocycles. The molecule has 0 saturated carbocycles. The quantitative estimate of drug-likeness (QED) is 0.480. The molecule has 0 spiro atoms. The predicted molar refractivity (Wildman–Crippen MR) is 60.2 cm³/mol. The second-order valence-corrected chi connectivity index (χ2v) is 4.43. The van der Waals surface area contributed by atoms with Crippen LogP contribution in [-0.2, 0) is 9.53 Å². The van der Waals surface area contributed by atoms with Crippen molar-refractivity contribution in [2.75, 3.05) is 13.2 Å². The summed E-state index contributed by atoms with van der Waals surface area (Å²) in [7, 11) is 0. The molecule has 1 saturated heterocycles. The summed E-state index contributed by atoms with van der Waals surface area (Å²) in [6, 6.07) is 0. The Balaban J connectivity index is 2.40. The van der Waals surface area contributed by atoms with Gasteiger partial charge < -0.3 is 25.4 Å². The van der Waals surface area contributed by atoms with E-state index in [2.05, 4.69) is 5.32 Å². The van der Waals surface area contributed by atoms with Crippen LogP contribution in [0.4, 0.5) is 0 Å². The fraction of sp³-hybridized carbons (Fsp3) is 0.909. The van der Waals surface area contributed by atoms with Crippen LogP contribution in [0.1, 0.15) is 20.3 Å². The summed E-state index contributed by atoms with van der Waals surface area (Å²) >= 11 is 0. The molecule has 0 aromatic rings. The van der Waals surface area contributed by atoms with Crippen LogP contribution in [0.15, 0.2) is 0 Å². The molecule has 6 heteroatoms. The molecule has 0 bridgehead atoms. The summed E-state index contributed by atoms with van der Waals surface area (Å²) < 4.78 is 5.23. The van der Waals surface area contributed by atoms with Crippen molar-refractivity contribution >= 4 is 5.91 Å². The second-order valence-electron chi connectivity index (χ2n) is 4.43. The summed E-state index contributed by atoms with van der Waals surface area (Å²) in [6.07, 6.45) is -2.90. The number of hydrogen-bond donors (Lipinski definition) is 4. The Hall–Kier alpha value is -0.690. The topological polar surface area (TPSA) is 99.0 Å². The molecule has 0 aliphatic carbocycles. The zero-order valence-corrected chi connectivity index (χ0v) is 10.2. The number of carbonyl (C=O) groups excluding carboxylic acids is 1. The number of aliphatic hydroxyl groups excluding tert-OH is 3. The second kappa shape index (κ2) is 6.30. The smallest absolute Gasteiger partial charge is 0.222 e. The van der Waals surface area contributed by atoms with Gasteiger partial charge in [-0.2, -0.15) is 0 Å². The van der Waals surface area contributed by atoms with E-state index in [-0.39, 0.29) is 25.0 Å². The van der Waals surface area contributed by atoms with E-state index in [0.29, 0.717) is 0 Å². The molecule has 6 nitrogen and oxygen atoms in total. The third kappa shape index (κ3) is 3.38. The molecule has 1 heterocycles. The first kappa shape index (κ1) is 14.4. The lowest BCUT2D eigenvalue weighted by Crippen LogP contribution is -2.41. The zero-order chi connectivity index (χ0) is 13.0. The van der Waals surface area contributed by atoms with E-state index < -0.39 is 24.4 Å². The van der Waals surface area contributed by atoms with Crippen LogP contribution in [-0.4, -0.2) is 58.8 Å². The van der Waals surface area contributed by atoms with Gasteiger partial charge in [0.05, 0.1) is 6.61 Å². The standard InChI is InChI=1S/C11H21NO5/c1-3-6(2)11(16)12-4-7-9(14)10(15)8(5-13)17-7/h6-10,13-15H,3-5H2,1-2H3,(H,12,16)/t6?,7-,8-,9-,10-/m1/s1. The van der Waals surface area contributed by atoms with Crippen molar-refractivity contribution < 1.29 is 24.9 Å². The van der Waals surface area contributed by atoms with E-state index in [1.165, 1.54) is 0 Å². The van der Waals surface area contributed by atoms with E-state index in [1.54, 1.807) is 0 Å². The lowest BCUT2D eigenvalue weighted by atomic mass is 10.1. The Kier molecular flexibility index (Phi) is 5.32. The molecule has 1 amide bonds. The SMILES string of the molecule is CCC(C)C(=O)NC[C@H]1O[C@H](CO)[C@@H](O)[C@@H]1O. The van der Waals surface area contributed by atoms with E-state index in [1.807, 2.05) is 13.8 Å². The first-order valence-electron chi connectivity index (χ1n) is 5.91. The highest BCUT2D eigenvalue weighted by atomic mass is 16.6. The summed E-state index contributed by atoms with van der Waals surface area (Å²) in [5, 5.41) is 30.7. The van der Waals surface area contributed by atoms with Crippen LogP contribution in [0.25, 0.3) is 0 Å². The minimum atomic E-state index is -1.11. The summed E-state index contributed by atoms with van der Waals surface area (Å²) in [5.74, 6) is -0.197. The molecule has 4 N–H and O–H groups in total. The van der Waals surface area contributed by atoms with E-state index in [0.717, 1.165) is 6.42 Å². The van der Waals surface area contributed by atoms with Gasteiger partial charge in [0.2, 0.25) is 5.91 Å². The van der Waals surface area contributed by atoms with Crippen molar-refractivity contribution in [3.05, 3.63) is 0 Å². The van der Waals surface area contributed by atoms with Crippen LogP contribution in [0, 0.1) is 5.92 Å². The Bertz CT molecular complexity index is 260. The minimum absolute atomic E-state index is 0.0906. The zero-order valence-electron chi connectivity index (χ0n) is 10.2. The molecule has 1 unspecified atom stereocenters. The maximum absolute atomic E-state index is 11.5. The molecular formula is C11H21NO5. The van der Waals surface area contributed by atoms with Crippen LogP contribution in [0.3, 0.4) is 0 Å². The third-order valence-corrected chi connectivity index (χ3v) is 3.18. The van der Waals surface area contributed by atoms with Crippen molar-refractivity contribution in [2.45, 2.75) is 44.7 Å². The summed E-state index contributed by atoms with van der Waals surface area (Å²) in [4.78, 5) is 11.5. The van der Waals surface area contributed by atoms with Gasteiger partial charge in [0.1, 0.15) is 24.4 Å². The number of aliphatic hydroxyl groups is 3. The van der Waals surface area contributed by atoms with Crippen molar-refractivity contribution in [1.82, 2.24) is 5.32 Å². The molecule has 0 radical (unpaired) electrons. The fourth-order valence-corrected chi connectivity index (χ4v) is 1.71. The minimum Gasteiger partial charge on any atom is -0.394 e.